The van der Waals surface area contributed by atoms with Crippen molar-refractivity contribution in [1.29, 1.82) is 10.8 Å². The molecule has 8 heteroatoms. The molecule has 0 amide bonds. The van der Waals surface area contributed by atoms with Crippen LogP contribution in [0.4, 0.5) is 0 Å². The first-order chi connectivity index (χ1) is 14.4. The van der Waals surface area contributed by atoms with Crippen molar-refractivity contribution in [1.82, 2.24) is 9.55 Å². The zero-order valence-electron chi connectivity index (χ0n) is 16.9. The summed E-state index contributed by atoms with van der Waals surface area (Å²) in [5, 5.41) is 15.2. The van der Waals surface area contributed by atoms with Crippen LogP contribution in [-0.4, -0.2) is 33.8 Å². The number of ether oxygens (including phenoxy) is 1. The molecule has 0 bridgehead atoms. The molecule has 1 atom stereocenters. The summed E-state index contributed by atoms with van der Waals surface area (Å²) in [4.78, 5) is 16.7. The van der Waals surface area contributed by atoms with E-state index in [0.717, 1.165) is 16.6 Å². The van der Waals surface area contributed by atoms with Gasteiger partial charge >= 0.3 is 5.97 Å². The maximum absolute atomic E-state index is 12.2. The zero-order valence-corrected chi connectivity index (χ0v) is 16.9. The SMILES string of the molecule is CCOC(=O)CC(CCc1cccc(C(=N)N)c1)n1cnc2cc(C(=N)N)ccc21. The van der Waals surface area contributed by atoms with E-state index < -0.39 is 0 Å². The Kier molecular flexibility index (Phi) is 6.46. The lowest BCUT2D eigenvalue weighted by molar-refractivity contribution is -0.144. The van der Waals surface area contributed by atoms with Crippen LogP contribution in [0.5, 0.6) is 0 Å². The number of hydrogen-bond donors (Lipinski definition) is 4. The summed E-state index contributed by atoms with van der Waals surface area (Å²) in [6.45, 7) is 2.12. The molecule has 156 valence electrons. The molecule has 1 unspecified atom stereocenters. The molecule has 3 aromatic rings. The van der Waals surface area contributed by atoms with Crippen LogP contribution in [-0.2, 0) is 16.0 Å². The van der Waals surface area contributed by atoms with Crippen molar-refractivity contribution in [2.75, 3.05) is 6.61 Å². The third kappa shape index (κ3) is 4.83. The normalized spacial score (nSPS) is 11.9. The first-order valence-electron chi connectivity index (χ1n) is 9.79. The Morgan fingerprint density at radius 2 is 1.87 bits per heavy atom. The highest BCUT2D eigenvalue weighted by atomic mass is 16.5. The van der Waals surface area contributed by atoms with Crippen molar-refractivity contribution >= 4 is 28.7 Å². The van der Waals surface area contributed by atoms with Crippen LogP contribution in [0, 0.1) is 10.8 Å². The molecule has 0 aliphatic rings. The maximum atomic E-state index is 12.2. The molecule has 0 saturated carbocycles. The number of nitrogen functional groups attached to an aromatic ring is 2. The number of hydrogen-bond acceptors (Lipinski definition) is 5. The average molecular weight is 406 g/mol. The van der Waals surface area contributed by atoms with Gasteiger partial charge in [-0.1, -0.05) is 18.2 Å². The van der Waals surface area contributed by atoms with Crippen molar-refractivity contribution in [3.05, 3.63) is 65.5 Å². The minimum Gasteiger partial charge on any atom is -0.466 e. The van der Waals surface area contributed by atoms with E-state index in [0.29, 0.717) is 30.6 Å². The molecule has 6 N–H and O–H groups in total. The van der Waals surface area contributed by atoms with E-state index in [1.54, 1.807) is 31.5 Å². The minimum absolute atomic E-state index is 0.0140. The molecule has 30 heavy (non-hydrogen) atoms. The van der Waals surface area contributed by atoms with Crippen molar-refractivity contribution in [3.63, 3.8) is 0 Å². The lowest BCUT2D eigenvalue weighted by Gasteiger charge is -2.19. The average Bonchev–Trinajstić information content (AvgIpc) is 3.14. The molecule has 0 aliphatic heterocycles. The fraction of sp³-hybridized carbons (Fsp3) is 0.273. The number of aromatic nitrogens is 2. The number of carbonyl (C=O) groups is 1. The van der Waals surface area contributed by atoms with E-state index in [1.807, 2.05) is 28.8 Å². The van der Waals surface area contributed by atoms with Gasteiger partial charge in [-0.15, -0.1) is 0 Å². The van der Waals surface area contributed by atoms with Crippen molar-refractivity contribution in [2.24, 2.45) is 11.5 Å². The van der Waals surface area contributed by atoms with E-state index in [9.17, 15) is 4.79 Å². The highest BCUT2D eigenvalue weighted by molar-refractivity contribution is 5.98. The van der Waals surface area contributed by atoms with E-state index >= 15 is 0 Å². The van der Waals surface area contributed by atoms with Gasteiger partial charge in [-0.25, -0.2) is 4.98 Å². The van der Waals surface area contributed by atoms with Crippen molar-refractivity contribution in [2.45, 2.75) is 32.2 Å². The van der Waals surface area contributed by atoms with E-state index in [1.165, 1.54) is 0 Å². The Bertz CT molecular complexity index is 1090. The second kappa shape index (κ2) is 9.21. The highest BCUT2D eigenvalue weighted by Gasteiger charge is 2.19. The van der Waals surface area contributed by atoms with Gasteiger partial charge in [-0.05, 0) is 49.6 Å². The van der Waals surface area contributed by atoms with Crippen LogP contribution >= 0.6 is 0 Å². The molecule has 1 heterocycles. The smallest absolute Gasteiger partial charge is 0.307 e. The molecule has 8 nitrogen and oxygen atoms in total. The van der Waals surface area contributed by atoms with E-state index in [2.05, 4.69) is 4.98 Å². The summed E-state index contributed by atoms with van der Waals surface area (Å²) < 4.78 is 7.15. The zero-order chi connectivity index (χ0) is 21.7. The van der Waals surface area contributed by atoms with Gasteiger partial charge < -0.3 is 20.8 Å². The number of carbonyl (C=O) groups excluding carboxylic acids is 1. The lowest BCUT2D eigenvalue weighted by atomic mass is 10.0. The monoisotopic (exact) mass is 406 g/mol. The molecular weight excluding hydrogens is 380 g/mol. The largest absolute Gasteiger partial charge is 0.466 e. The molecule has 0 radical (unpaired) electrons. The second-order valence-corrected chi connectivity index (χ2v) is 7.08. The number of esters is 1. The first-order valence-corrected chi connectivity index (χ1v) is 9.79. The summed E-state index contributed by atoms with van der Waals surface area (Å²) in [6, 6.07) is 12.8. The van der Waals surface area contributed by atoms with Gasteiger partial charge in [0.1, 0.15) is 11.7 Å². The fourth-order valence-electron chi connectivity index (χ4n) is 3.47. The third-order valence-electron chi connectivity index (χ3n) is 4.99. The molecule has 2 aromatic carbocycles. The number of fused-ring (bicyclic) bond motifs is 1. The number of nitrogens with one attached hydrogen (secondary N) is 2. The van der Waals surface area contributed by atoms with Gasteiger partial charge in [0.05, 0.1) is 30.4 Å². The standard InChI is InChI=1S/C22H26N6O2/c1-2-30-20(29)12-17(8-6-14-4-3-5-15(10-14)21(23)24)28-13-27-18-11-16(22(25)26)7-9-19(18)28/h3-5,7,9-11,13,17H,2,6,8,12H2,1H3,(H3,23,24)(H3,25,26). The Labute approximate surface area is 174 Å². The third-order valence-corrected chi connectivity index (χ3v) is 4.99. The summed E-state index contributed by atoms with van der Waals surface area (Å²) in [6.07, 6.45) is 3.32. The Morgan fingerprint density at radius 3 is 2.57 bits per heavy atom. The topological polar surface area (TPSA) is 144 Å². The van der Waals surface area contributed by atoms with Crippen molar-refractivity contribution < 1.29 is 9.53 Å². The molecule has 1 aromatic heterocycles. The molecule has 0 saturated heterocycles. The van der Waals surface area contributed by atoms with Crippen molar-refractivity contribution in [3.8, 4) is 0 Å². The molecule has 3 rings (SSSR count). The fourth-order valence-corrected chi connectivity index (χ4v) is 3.47. The predicted octanol–water partition coefficient (Wildman–Crippen LogP) is 2.73. The van der Waals surface area contributed by atoms with Crippen LogP contribution in [0.15, 0.2) is 48.8 Å². The quantitative estimate of drug-likeness (QED) is 0.245. The Morgan fingerprint density at radius 1 is 1.13 bits per heavy atom. The summed E-state index contributed by atoms with van der Waals surface area (Å²) in [7, 11) is 0. The van der Waals surface area contributed by atoms with Gasteiger partial charge in [0.2, 0.25) is 0 Å². The van der Waals surface area contributed by atoms with Gasteiger partial charge in [-0.2, -0.15) is 0 Å². The number of nitrogens with two attached hydrogens (primary N) is 2. The number of rotatable bonds is 9. The maximum Gasteiger partial charge on any atom is 0.307 e. The minimum atomic E-state index is -0.262. The number of aryl methyl sites for hydroxylation is 1. The van der Waals surface area contributed by atoms with Crippen LogP contribution in [0.1, 0.15) is 42.5 Å². The molecule has 0 fully saturated rings. The number of benzene rings is 2. The van der Waals surface area contributed by atoms with Gasteiger partial charge in [0.15, 0.2) is 0 Å². The number of nitrogens with zero attached hydrogens (tertiary/aromatic N) is 2. The summed E-state index contributed by atoms with van der Waals surface area (Å²) in [5.74, 6) is -0.246. The molecule has 0 aliphatic carbocycles. The predicted molar refractivity (Wildman–Crippen MR) is 117 cm³/mol. The summed E-state index contributed by atoms with van der Waals surface area (Å²) in [5.41, 5.74) is 15.1. The number of imidazole rings is 1. The van der Waals surface area contributed by atoms with Crippen LogP contribution in [0.2, 0.25) is 0 Å². The van der Waals surface area contributed by atoms with Gasteiger partial charge in [0, 0.05) is 17.2 Å². The Hall–Kier alpha value is -3.68. The van der Waals surface area contributed by atoms with Gasteiger partial charge in [-0.3, -0.25) is 15.6 Å². The van der Waals surface area contributed by atoms with E-state index in [-0.39, 0.29) is 30.1 Å². The summed E-state index contributed by atoms with van der Waals surface area (Å²) >= 11 is 0. The number of amidine groups is 2. The van der Waals surface area contributed by atoms with E-state index in [4.69, 9.17) is 27.0 Å². The lowest BCUT2D eigenvalue weighted by Crippen LogP contribution is -2.17. The molecule has 0 spiro atoms. The van der Waals surface area contributed by atoms with Crippen LogP contribution in [0.25, 0.3) is 11.0 Å². The van der Waals surface area contributed by atoms with Crippen LogP contribution < -0.4 is 11.5 Å². The highest BCUT2D eigenvalue weighted by Crippen LogP contribution is 2.26. The first kappa shape index (κ1) is 21.0. The molecular formula is C22H26N6O2. The van der Waals surface area contributed by atoms with Gasteiger partial charge in [0.25, 0.3) is 0 Å². The second-order valence-electron chi connectivity index (χ2n) is 7.08. The van der Waals surface area contributed by atoms with Crippen LogP contribution in [0.3, 0.4) is 0 Å². The Balaban J connectivity index is 1.88.